The average molecular weight is 515 g/mol. The average Bonchev–Trinajstić information content (AvgIpc) is 3.36. The van der Waals surface area contributed by atoms with Crippen molar-refractivity contribution in [3.05, 3.63) is 66.1 Å². The number of carbonyl (C=O) groups excluding carboxylic acids is 2. The largest absolute Gasteiger partial charge is 0.464 e. The van der Waals surface area contributed by atoms with Crippen LogP contribution in [0, 0.1) is 5.92 Å². The lowest BCUT2D eigenvalue weighted by atomic mass is 10.0. The zero-order valence-corrected chi connectivity index (χ0v) is 22.1. The zero-order valence-electron chi connectivity index (χ0n) is 22.1. The summed E-state index contributed by atoms with van der Waals surface area (Å²) in [4.78, 5) is 42.8. The molecule has 0 bridgehead atoms. The fourth-order valence-corrected chi connectivity index (χ4v) is 4.91. The molecule has 4 aromatic rings. The van der Waals surface area contributed by atoms with Gasteiger partial charge in [0.15, 0.2) is 0 Å². The maximum absolute atomic E-state index is 13.2. The van der Waals surface area contributed by atoms with E-state index in [4.69, 9.17) is 14.7 Å². The van der Waals surface area contributed by atoms with Crippen molar-refractivity contribution < 1.29 is 14.3 Å². The van der Waals surface area contributed by atoms with Gasteiger partial charge in [0.05, 0.1) is 24.2 Å². The van der Waals surface area contributed by atoms with E-state index in [9.17, 15) is 9.59 Å². The van der Waals surface area contributed by atoms with E-state index in [-0.39, 0.29) is 17.8 Å². The van der Waals surface area contributed by atoms with Gasteiger partial charge in [0.2, 0.25) is 0 Å². The number of nitrogens with one attached hydrogen (secondary N) is 2. The van der Waals surface area contributed by atoms with Crippen LogP contribution in [0.15, 0.2) is 54.7 Å². The van der Waals surface area contributed by atoms with E-state index < -0.39 is 6.04 Å². The second-order valence-electron chi connectivity index (χ2n) is 9.94. The van der Waals surface area contributed by atoms with Crippen molar-refractivity contribution in [3.8, 4) is 0 Å². The number of anilines is 1. The molecule has 1 atom stereocenters. The molecule has 1 amide bonds. The first-order valence-electron chi connectivity index (χ1n) is 13.2. The zero-order chi connectivity index (χ0) is 26.6. The first-order chi connectivity index (χ1) is 18.4. The molecule has 0 spiro atoms. The quantitative estimate of drug-likeness (QED) is 0.342. The SMILES string of the molecule is CCOC(=O)[C@@H](Nc1nc(CN2CCN(C(=O)c3c[nH]c4ccccc34)CC2)nc2ccccc12)C(C)C. The summed E-state index contributed by atoms with van der Waals surface area (Å²) in [5, 5.41) is 5.15. The Morgan fingerprint density at radius 2 is 1.71 bits per heavy atom. The summed E-state index contributed by atoms with van der Waals surface area (Å²) in [6.45, 7) is 9.38. The van der Waals surface area contributed by atoms with Gasteiger partial charge in [0.1, 0.15) is 17.7 Å². The number of aromatic amines is 1. The first-order valence-corrected chi connectivity index (χ1v) is 13.2. The third-order valence-corrected chi connectivity index (χ3v) is 6.99. The molecule has 1 fully saturated rings. The van der Waals surface area contributed by atoms with E-state index in [1.807, 2.05) is 67.3 Å². The number of carbonyl (C=O) groups is 2. The number of ether oxygens (including phenoxy) is 1. The van der Waals surface area contributed by atoms with Crippen LogP contribution in [0.3, 0.4) is 0 Å². The third-order valence-electron chi connectivity index (χ3n) is 6.99. The molecule has 5 rings (SSSR count). The van der Waals surface area contributed by atoms with Crippen molar-refractivity contribution in [2.24, 2.45) is 5.92 Å². The minimum atomic E-state index is -0.514. The highest BCUT2D eigenvalue weighted by Gasteiger charge is 2.27. The van der Waals surface area contributed by atoms with E-state index in [0.29, 0.717) is 43.4 Å². The van der Waals surface area contributed by atoms with Crippen molar-refractivity contribution >= 4 is 39.5 Å². The van der Waals surface area contributed by atoms with Gasteiger partial charge in [-0.25, -0.2) is 14.8 Å². The molecular formula is C29H34N6O3. The normalized spacial score (nSPS) is 15.2. The van der Waals surface area contributed by atoms with Crippen molar-refractivity contribution in [2.75, 3.05) is 38.1 Å². The van der Waals surface area contributed by atoms with Crippen LogP contribution in [0.25, 0.3) is 21.8 Å². The molecule has 9 nitrogen and oxygen atoms in total. The molecule has 1 saturated heterocycles. The number of para-hydroxylation sites is 2. The lowest BCUT2D eigenvalue weighted by molar-refractivity contribution is -0.145. The molecule has 3 heterocycles. The van der Waals surface area contributed by atoms with Crippen LogP contribution in [-0.4, -0.2) is 75.5 Å². The number of piperazine rings is 1. The molecule has 9 heteroatoms. The fourth-order valence-electron chi connectivity index (χ4n) is 4.91. The maximum Gasteiger partial charge on any atom is 0.328 e. The molecule has 2 N–H and O–H groups in total. The Bertz CT molecular complexity index is 1440. The van der Waals surface area contributed by atoms with Gasteiger partial charge in [0.25, 0.3) is 5.91 Å². The predicted molar refractivity (Wildman–Crippen MR) is 148 cm³/mol. The molecule has 1 aliphatic rings. The van der Waals surface area contributed by atoms with Gasteiger partial charge < -0.3 is 19.9 Å². The highest BCUT2D eigenvalue weighted by Crippen LogP contribution is 2.24. The monoisotopic (exact) mass is 514 g/mol. The third kappa shape index (κ3) is 5.33. The van der Waals surface area contributed by atoms with E-state index in [1.54, 1.807) is 13.1 Å². The van der Waals surface area contributed by atoms with Gasteiger partial charge in [0, 0.05) is 48.7 Å². The number of benzene rings is 2. The smallest absolute Gasteiger partial charge is 0.328 e. The molecule has 0 aliphatic carbocycles. The Labute approximate surface area is 222 Å². The van der Waals surface area contributed by atoms with Crippen LogP contribution >= 0.6 is 0 Å². The van der Waals surface area contributed by atoms with Gasteiger partial charge in [-0.15, -0.1) is 0 Å². The van der Waals surface area contributed by atoms with Crippen molar-refractivity contribution in [3.63, 3.8) is 0 Å². The Balaban J connectivity index is 1.30. The summed E-state index contributed by atoms with van der Waals surface area (Å²) in [5.41, 5.74) is 2.50. The summed E-state index contributed by atoms with van der Waals surface area (Å²) in [6.07, 6.45) is 1.80. The van der Waals surface area contributed by atoms with E-state index in [1.165, 1.54) is 0 Å². The number of nitrogens with zero attached hydrogens (tertiary/aromatic N) is 4. The molecule has 1 aliphatic heterocycles. The molecule has 2 aromatic carbocycles. The Hall–Kier alpha value is -3.98. The number of hydrogen-bond donors (Lipinski definition) is 2. The van der Waals surface area contributed by atoms with Gasteiger partial charge in [-0.3, -0.25) is 9.69 Å². The molecule has 38 heavy (non-hydrogen) atoms. The Morgan fingerprint density at radius 1 is 1.00 bits per heavy atom. The number of esters is 1. The maximum atomic E-state index is 13.2. The van der Waals surface area contributed by atoms with E-state index in [0.717, 1.165) is 34.9 Å². The molecule has 198 valence electrons. The predicted octanol–water partition coefficient (Wildman–Crippen LogP) is 4.07. The number of amides is 1. The van der Waals surface area contributed by atoms with Crippen LogP contribution in [0.1, 0.15) is 37.0 Å². The van der Waals surface area contributed by atoms with Gasteiger partial charge in [-0.05, 0) is 31.0 Å². The molecule has 0 unspecified atom stereocenters. The molecule has 0 saturated carbocycles. The van der Waals surface area contributed by atoms with Crippen LogP contribution in [-0.2, 0) is 16.1 Å². The Morgan fingerprint density at radius 3 is 2.45 bits per heavy atom. The van der Waals surface area contributed by atoms with Crippen LogP contribution < -0.4 is 5.32 Å². The molecule has 0 radical (unpaired) electrons. The van der Waals surface area contributed by atoms with Crippen molar-refractivity contribution in [1.29, 1.82) is 0 Å². The van der Waals surface area contributed by atoms with E-state index >= 15 is 0 Å². The fraction of sp³-hybridized carbons (Fsp3) is 0.379. The van der Waals surface area contributed by atoms with Crippen molar-refractivity contribution in [1.82, 2.24) is 24.8 Å². The van der Waals surface area contributed by atoms with Gasteiger partial charge in [-0.1, -0.05) is 44.2 Å². The summed E-state index contributed by atoms with van der Waals surface area (Å²) >= 11 is 0. The number of fused-ring (bicyclic) bond motifs is 2. The van der Waals surface area contributed by atoms with E-state index in [2.05, 4.69) is 15.2 Å². The summed E-state index contributed by atoms with van der Waals surface area (Å²) < 4.78 is 5.29. The highest BCUT2D eigenvalue weighted by atomic mass is 16.5. The topological polar surface area (TPSA) is 103 Å². The van der Waals surface area contributed by atoms with Crippen LogP contribution in [0.4, 0.5) is 5.82 Å². The first kappa shape index (κ1) is 25.7. The summed E-state index contributed by atoms with van der Waals surface area (Å²) in [6, 6.07) is 15.2. The lowest BCUT2D eigenvalue weighted by Gasteiger charge is -2.34. The number of H-pyrrole nitrogens is 1. The number of aromatic nitrogens is 3. The second kappa shape index (κ2) is 11.2. The summed E-state index contributed by atoms with van der Waals surface area (Å²) in [5.74, 6) is 1.09. The highest BCUT2D eigenvalue weighted by molar-refractivity contribution is 6.06. The minimum Gasteiger partial charge on any atom is -0.464 e. The standard InChI is InChI=1S/C29H34N6O3/c1-4-38-29(37)26(19(2)3)33-27-21-10-6-8-12-24(21)31-25(32-27)18-34-13-15-35(16-14-34)28(36)22-17-30-23-11-7-5-9-20(22)23/h5-12,17,19,26,30H,4,13-16,18H2,1-3H3,(H,31,32,33)/t26-/m0/s1. The second-order valence-corrected chi connectivity index (χ2v) is 9.94. The number of rotatable bonds is 8. The molecular weight excluding hydrogens is 480 g/mol. The van der Waals surface area contributed by atoms with Crippen LogP contribution in [0.2, 0.25) is 0 Å². The van der Waals surface area contributed by atoms with Crippen LogP contribution in [0.5, 0.6) is 0 Å². The van der Waals surface area contributed by atoms with Crippen molar-refractivity contribution in [2.45, 2.75) is 33.4 Å². The molecule has 2 aromatic heterocycles. The summed E-state index contributed by atoms with van der Waals surface area (Å²) in [7, 11) is 0. The Kier molecular flexibility index (Phi) is 7.55. The van der Waals surface area contributed by atoms with Gasteiger partial charge >= 0.3 is 5.97 Å². The lowest BCUT2D eigenvalue weighted by Crippen LogP contribution is -2.48. The minimum absolute atomic E-state index is 0.0222. The van der Waals surface area contributed by atoms with Gasteiger partial charge in [-0.2, -0.15) is 0 Å². The number of hydrogen-bond acceptors (Lipinski definition) is 7.